The SMILES string of the molecule is CCCCC/C=C\CCCCCCCC(=O)OC(CO)COC(=O)CCCCCCCCCCCCCCCCCCCCCCCCCCCCCCCCCCC. The maximum Gasteiger partial charge on any atom is 0.306 e. The van der Waals surface area contributed by atoms with Gasteiger partial charge in [0.2, 0.25) is 0 Å². The molecule has 0 aromatic heterocycles. The fourth-order valence-electron chi connectivity index (χ4n) is 8.26. The van der Waals surface area contributed by atoms with Crippen molar-refractivity contribution in [3.05, 3.63) is 12.2 Å². The summed E-state index contributed by atoms with van der Waals surface area (Å²) in [7, 11) is 0. The summed E-state index contributed by atoms with van der Waals surface area (Å²) in [6.45, 7) is 4.14. The van der Waals surface area contributed by atoms with Gasteiger partial charge in [-0.05, 0) is 38.5 Å². The molecule has 0 amide bonds. The molecule has 0 bridgehead atoms. The van der Waals surface area contributed by atoms with E-state index in [0.717, 1.165) is 38.5 Å². The van der Waals surface area contributed by atoms with Crippen LogP contribution in [0.3, 0.4) is 0 Å². The van der Waals surface area contributed by atoms with Gasteiger partial charge in [-0.3, -0.25) is 9.59 Å². The average Bonchev–Trinajstić information content (AvgIpc) is 3.24. The van der Waals surface area contributed by atoms with E-state index in [4.69, 9.17) is 9.47 Å². The van der Waals surface area contributed by atoms with Gasteiger partial charge in [-0.25, -0.2) is 0 Å². The minimum absolute atomic E-state index is 0.0628. The highest BCUT2D eigenvalue weighted by Gasteiger charge is 2.16. The number of allylic oxidation sites excluding steroid dienone is 2. The normalized spacial score (nSPS) is 12.1. The monoisotopic (exact) mass is 833 g/mol. The number of hydrogen-bond acceptors (Lipinski definition) is 5. The zero-order valence-electron chi connectivity index (χ0n) is 40.0. The van der Waals surface area contributed by atoms with Crippen LogP contribution in [0.5, 0.6) is 0 Å². The van der Waals surface area contributed by atoms with Crippen molar-refractivity contribution in [3.63, 3.8) is 0 Å². The van der Waals surface area contributed by atoms with Crippen molar-refractivity contribution in [2.45, 2.75) is 309 Å². The number of aliphatic hydroxyl groups excluding tert-OH is 1. The van der Waals surface area contributed by atoms with Gasteiger partial charge in [0.1, 0.15) is 6.61 Å². The Morgan fingerprint density at radius 2 is 0.627 bits per heavy atom. The Morgan fingerprint density at radius 1 is 0.373 bits per heavy atom. The largest absolute Gasteiger partial charge is 0.462 e. The molecule has 0 heterocycles. The summed E-state index contributed by atoms with van der Waals surface area (Å²) >= 11 is 0. The molecule has 350 valence electrons. The first-order chi connectivity index (χ1) is 29.1. The first-order valence-electron chi connectivity index (χ1n) is 26.7. The highest BCUT2D eigenvalue weighted by Crippen LogP contribution is 2.18. The zero-order chi connectivity index (χ0) is 42.8. The van der Waals surface area contributed by atoms with E-state index in [-0.39, 0.29) is 25.2 Å². The molecule has 0 aliphatic carbocycles. The van der Waals surface area contributed by atoms with Crippen molar-refractivity contribution in [1.29, 1.82) is 0 Å². The number of unbranched alkanes of at least 4 members (excludes halogenated alkanes) is 40. The summed E-state index contributed by atoms with van der Waals surface area (Å²) in [6, 6.07) is 0. The summed E-state index contributed by atoms with van der Waals surface area (Å²) in [4.78, 5) is 24.3. The second kappa shape index (κ2) is 51.0. The lowest BCUT2D eigenvalue weighted by Crippen LogP contribution is -2.28. The van der Waals surface area contributed by atoms with Gasteiger partial charge in [0.05, 0.1) is 6.61 Å². The molecule has 1 atom stereocenters. The van der Waals surface area contributed by atoms with E-state index < -0.39 is 6.10 Å². The molecule has 5 nitrogen and oxygen atoms in total. The van der Waals surface area contributed by atoms with Crippen LogP contribution in [0, 0.1) is 0 Å². The van der Waals surface area contributed by atoms with Crippen LogP contribution < -0.4 is 0 Å². The number of hydrogen-bond donors (Lipinski definition) is 1. The molecule has 0 aromatic carbocycles. The maximum atomic E-state index is 12.2. The number of rotatable bonds is 50. The molecule has 0 spiro atoms. The van der Waals surface area contributed by atoms with E-state index in [9.17, 15) is 14.7 Å². The predicted octanol–water partition coefficient (Wildman–Crippen LogP) is 17.6. The molecule has 59 heavy (non-hydrogen) atoms. The van der Waals surface area contributed by atoms with E-state index in [0.29, 0.717) is 12.8 Å². The standard InChI is InChI=1S/C54H104O5/c1-3-5-7-9-11-13-15-17-18-19-20-21-22-23-24-25-26-27-28-29-30-31-32-33-34-35-36-37-39-40-42-44-46-48-53(56)58-51-52(50-55)59-54(57)49-47-45-43-41-38-16-14-12-10-8-6-4-2/h12,14,52,55H,3-11,13,15-51H2,1-2H3/b14-12-. The van der Waals surface area contributed by atoms with Gasteiger partial charge in [0.25, 0.3) is 0 Å². The van der Waals surface area contributed by atoms with Gasteiger partial charge in [-0.1, -0.05) is 264 Å². The molecule has 0 aliphatic rings. The van der Waals surface area contributed by atoms with E-state index in [1.807, 2.05) is 0 Å². The van der Waals surface area contributed by atoms with Crippen LogP contribution >= 0.6 is 0 Å². The molecule has 5 heteroatoms. The van der Waals surface area contributed by atoms with Crippen LogP contribution in [0.4, 0.5) is 0 Å². The van der Waals surface area contributed by atoms with Crippen LogP contribution in [0.2, 0.25) is 0 Å². The molecule has 1 N–H and O–H groups in total. The van der Waals surface area contributed by atoms with Crippen LogP contribution in [0.25, 0.3) is 0 Å². The number of esters is 2. The molecule has 0 aromatic rings. The minimum Gasteiger partial charge on any atom is -0.462 e. The number of ether oxygens (including phenoxy) is 2. The van der Waals surface area contributed by atoms with E-state index in [1.54, 1.807) is 0 Å². The molecular weight excluding hydrogens is 729 g/mol. The lowest BCUT2D eigenvalue weighted by molar-refractivity contribution is -0.161. The molecule has 0 aliphatic heterocycles. The first-order valence-corrected chi connectivity index (χ1v) is 26.7. The topological polar surface area (TPSA) is 72.8 Å². The first kappa shape index (κ1) is 57.6. The molecular formula is C54H104O5. The highest BCUT2D eigenvalue weighted by atomic mass is 16.6. The fourth-order valence-corrected chi connectivity index (χ4v) is 8.26. The van der Waals surface area contributed by atoms with Crippen molar-refractivity contribution in [2.75, 3.05) is 13.2 Å². The van der Waals surface area contributed by atoms with Crippen molar-refractivity contribution in [3.8, 4) is 0 Å². The quantitative estimate of drug-likeness (QED) is 0.0375. The molecule has 0 saturated heterocycles. The minimum atomic E-state index is -0.770. The Hall–Kier alpha value is -1.36. The van der Waals surface area contributed by atoms with Gasteiger partial charge in [-0.2, -0.15) is 0 Å². The Bertz CT molecular complexity index is 856. The van der Waals surface area contributed by atoms with Crippen LogP contribution in [-0.2, 0) is 19.1 Å². The smallest absolute Gasteiger partial charge is 0.306 e. The third-order valence-electron chi connectivity index (χ3n) is 12.3. The Labute approximate surface area is 369 Å². The molecule has 0 rings (SSSR count). The molecule has 0 saturated carbocycles. The summed E-state index contributed by atoms with van der Waals surface area (Å²) in [5.41, 5.74) is 0. The van der Waals surface area contributed by atoms with Crippen molar-refractivity contribution in [2.24, 2.45) is 0 Å². The highest BCUT2D eigenvalue weighted by molar-refractivity contribution is 5.70. The summed E-state index contributed by atoms with van der Waals surface area (Å²) in [5, 5.41) is 9.59. The molecule has 0 fully saturated rings. The molecule has 1 unspecified atom stereocenters. The van der Waals surface area contributed by atoms with Gasteiger partial charge in [0, 0.05) is 12.8 Å². The van der Waals surface area contributed by atoms with Crippen LogP contribution in [0.15, 0.2) is 12.2 Å². The van der Waals surface area contributed by atoms with Gasteiger partial charge in [0.15, 0.2) is 6.10 Å². The van der Waals surface area contributed by atoms with E-state index in [1.165, 1.54) is 238 Å². The van der Waals surface area contributed by atoms with E-state index in [2.05, 4.69) is 26.0 Å². The summed E-state index contributed by atoms with van der Waals surface area (Å²) in [6.07, 6.45) is 62.0. The number of carbonyl (C=O) groups is 2. The third kappa shape index (κ3) is 49.2. The lowest BCUT2D eigenvalue weighted by Gasteiger charge is -2.15. The Morgan fingerprint density at radius 3 is 0.949 bits per heavy atom. The summed E-state index contributed by atoms with van der Waals surface area (Å²) in [5.74, 6) is -0.586. The second-order valence-electron chi connectivity index (χ2n) is 18.3. The van der Waals surface area contributed by atoms with Crippen LogP contribution in [0.1, 0.15) is 303 Å². The Kier molecular flexibility index (Phi) is 49.8. The summed E-state index contributed by atoms with van der Waals surface area (Å²) < 4.78 is 10.6. The zero-order valence-corrected chi connectivity index (χ0v) is 40.0. The van der Waals surface area contributed by atoms with Crippen molar-refractivity contribution < 1.29 is 24.2 Å². The number of aliphatic hydroxyl groups is 1. The third-order valence-corrected chi connectivity index (χ3v) is 12.3. The second-order valence-corrected chi connectivity index (χ2v) is 18.3. The van der Waals surface area contributed by atoms with Crippen molar-refractivity contribution in [1.82, 2.24) is 0 Å². The van der Waals surface area contributed by atoms with Gasteiger partial charge in [-0.15, -0.1) is 0 Å². The number of carbonyl (C=O) groups excluding carboxylic acids is 2. The maximum absolute atomic E-state index is 12.2. The van der Waals surface area contributed by atoms with Gasteiger partial charge < -0.3 is 14.6 Å². The van der Waals surface area contributed by atoms with E-state index >= 15 is 0 Å². The molecule has 0 radical (unpaired) electrons. The fraction of sp³-hybridized carbons (Fsp3) is 0.926. The lowest BCUT2D eigenvalue weighted by atomic mass is 10.0. The van der Waals surface area contributed by atoms with Crippen LogP contribution in [-0.4, -0.2) is 36.4 Å². The van der Waals surface area contributed by atoms with Gasteiger partial charge >= 0.3 is 11.9 Å². The van der Waals surface area contributed by atoms with Crippen molar-refractivity contribution >= 4 is 11.9 Å². The Balaban J connectivity index is 3.35. The average molecular weight is 833 g/mol. The predicted molar refractivity (Wildman–Crippen MR) is 256 cm³/mol.